The van der Waals surface area contributed by atoms with Gasteiger partial charge < -0.3 is 5.32 Å². The maximum Gasteiger partial charge on any atom is 0.0932 e. The largest absolute Gasteiger partial charge is 0.317 e. The van der Waals surface area contributed by atoms with Gasteiger partial charge in [0.2, 0.25) is 0 Å². The van der Waals surface area contributed by atoms with Crippen LogP contribution < -0.4 is 5.32 Å². The minimum Gasteiger partial charge on any atom is -0.317 e. The maximum absolute atomic E-state index is 4.17. The molecular formula is C14H19N3. The molecule has 0 aliphatic carbocycles. The fourth-order valence-corrected chi connectivity index (χ4v) is 2.37. The minimum atomic E-state index is 0.438. The lowest BCUT2D eigenvalue weighted by Crippen LogP contribution is -2.28. The van der Waals surface area contributed by atoms with Crippen LogP contribution in [0.4, 0.5) is 0 Å². The standard InChI is InChI=1S/C14H19N3/c1-4-11(10(2)15-3)13-9-16-17-14-8-6-5-7-12(13)14/h5-11,15H,4H2,1-3H3. The molecule has 0 saturated heterocycles. The number of hydrogen-bond donors (Lipinski definition) is 1. The SMILES string of the molecule is CCC(c1cnnc2ccccc12)C(C)NC. The fraction of sp³-hybridized carbons (Fsp3) is 0.429. The number of hydrogen-bond acceptors (Lipinski definition) is 3. The van der Waals surface area contributed by atoms with Crippen LogP contribution in [-0.2, 0) is 0 Å². The van der Waals surface area contributed by atoms with Crippen molar-refractivity contribution >= 4 is 10.9 Å². The van der Waals surface area contributed by atoms with Crippen LogP contribution in [0.5, 0.6) is 0 Å². The van der Waals surface area contributed by atoms with Crippen molar-refractivity contribution in [2.45, 2.75) is 32.2 Å². The van der Waals surface area contributed by atoms with Gasteiger partial charge >= 0.3 is 0 Å². The van der Waals surface area contributed by atoms with E-state index in [-0.39, 0.29) is 0 Å². The van der Waals surface area contributed by atoms with Crippen molar-refractivity contribution < 1.29 is 0 Å². The van der Waals surface area contributed by atoms with E-state index in [0.717, 1.165) is 11.9 Å². The quantitative estimate of drug-likeness (QED) is 0.876. The van der Waals surface area contributed by atoms with Gasteiger partial charge in [0.05, 0.1) is 11.7 Å². The zero-order chi connectivity index (χ0) is 12.3. The van der Waals surface area contributed by atoms with E-state index in [4.69, 9.17) is 0 Å². The average Bonchev–Trinajstić information content (AvgIpc) is 2.39. The minimum absolute atomic E-state index is 0.438. The van der Waals surface area contributed by atoms with Crippen LogP contribution in [0.15, 0.2) is 30.5 Å². The summed E-state index contributed by atoms with van der Waals surface area (Å²) in [6, 6.07) is 8.65. The third kappa shape index (κ3) is 2.29. The summed E-state index contributed by atoms with van der Waals surface area (Å²) < 4.78 is 0. The van der Waals surface area contributed by atoms with E-state index in [2.05, 4.69) is 41.5 Å². The molecule has 0 amide bonds. The van der Waals surface area contributed by atoms with Gasteiger partial charge in [-0.15, -0.1) is 0 Å². The molecule has 0 bridgehead atoms. The molecule has 17 heavy (non-hydrogen) atoms. The van der Waals surface area contributed by atoms with Gasteiger partial charge in [-0.25, -0.2) is 0 Å². The van der Waals surface area contributed by atoms with Crippen molar-refractivity contribution in [1.82, 2.24) is 15.5 Å². The molecule has 3 nitrogen and oxygen atoms in total. The number of rotatable bonds is 4. The highest BCUT2D eigenvalue weighted by Crippen LogP contribution is 2.28. The van der Waals surface area contributed by atoms with Crippen LogP contribution in [0.3, 0.4) is 0 Å². The number of benzene rings is 1. The lowest BCUT2D eigenvalue weighted by molar-refractivity contribution is 0.484. The smallest absolute Gasteiger partial charge is 0.0932 e. The molecule has 0 saturated carbocycles. The van der Waals surface area contributed by atoms with E-state index in [1.54, 1.807) is 0 Å². The van der Waals surface area contributed by atoms with Gasteiger partial charge in [-0.2, -0.15) is 10.2 Å². The molecule has 90 valence electrons. The van der Waals surface area contributed by atoms with Gasteiger partial charge in [-0.3, -0.25) is 0 Å². The number of aromatic nitrogens is 2. The summed E-state index contributed by atoms with van der Waals surface area (Å²) in [5, 5.41) is 12.8. The zero-order valence-electron chi connectivity index (χ0n) is 10.6. The molecule has 1 heterocycles. The van der Waals surface area contributed by atoms with Crippen molar-refractivity contribution in [2.75, 3.05) is 7.05 Å². The number of likely N-dealkylation sites (N-methyl/N-ethyl adjacent to an activating group) is 1. The van der Waals surface area contributed by atoms with E-state index >= 15 is 0 Å². The lowest BCUT2D eigenvalue weighted by Gasteiger charge is -2.23. The number of nitrogens with zero attached hydrogens (tertiary/aromatic N) is 2. The highest BCUT2D eigenvalue weighted by atomic mass is 15.1. The lowest BCUT2D eigenvalue weighted by atomic mass is 9.89. The van der Waals surface area contributed by atoms with Gasteiger partial charge in [0, 0.05) is 17.3 Å². The summed E-state index contributed by atoms with van der Waals surface area (Å²) in [7, 11) is 2.00. The highest BCUT2D eigenvalue weighted by Gasteiger charge is 2.18. The van der Waals surface area contributed by atoms with Crippen LogP contribution in [0, 0.1) is 0 Å². The Morgan fingerprint density at radius 1 is 1.29 bits per heavy atom. The third-order valence-electron chi connectivity index (χ3n) is 3.48. The normalized spacial score (nSPS) is 14.8. The molecule has 2 aromatic rings. The Labute approximate surface area is 102 Å². The molecule has 1 N–H and O–H groups in total. The highest BCUT2D eigenvalue weighted by molar-refractivity contribution is 5.81. The Balaban J connectivity index is 2.53. The average molecular weight is 229 g/mol. The molecule has 3 heteroatoms. The van der Waals surface area contributed by atoms with Crippen LogP contribution in [0.25, 0.3) is 10.9 Å². The topological polar surface area (TPSA) is 37.8 Å². The molecular weight excluding hydrogens is 210 g/mol. The molecule has 1 aromatic carbocycles. The molecule has 1 aromatic heterocycles. The van der Waals surface area contributed by atoms with Crippen LogP contribution >= 0.6 is 0 Å². The van der Waals surface area contributed by atoms with E-state index in [1.165, 1.54) is 10.9 Å². The van der Waals surface area contributed by atoms with Gasteiger partial charge in [-0.1, -0.05) is 25.1 Å². The second-order valence-corrected chi connectivity index (χ2v) is 4.41. The first-order valence-corrected chi connectivity index (χ1v) is 6.15. The van der Waals surface area contributed by atoms with Crippen LogP contribution in [-0.4, -0.2) is 23.3 Å². The Bertz CT molecular complexity index is 490. The molecule has 0 radical (unpaired) electrons. The van der Waals surface area contributed by atoms with Crippen molar-refractivity contribution in [3.05, 3.63) is 36.0 Å². The van der Waals surface area contributed by atoms with E-state index in [1.807, 2.05) is 25.4 Å². The molecule has 0 fully saturated rings. The second kappa shape index (κ2) is 5.23. The Hall–Kier alpha value is -1.48. The molecule has 2 unspecified atom stereocenters. The van der Waals surface area contributed by atoms with Gasteiger partial charge in [0.25, 0.3) is 0 Å². The molecule has 0 spiro atoms. The van der Waals surface area contributed by atoms with Crippen molar-refractivity contribution in [1.29, 1.82) is 0 Å². The van der Waals surface area contributed by atoms with Crippen molar-refractivity contribution in [3.8, 4) is 0 Å². The summed E-state index contributed by atoms with van der Waals surface area (Å²) in [6.45, 7) is 4.43. The first-order valence-electron chi connectivity index (χ1n) is 6.15. The maximum atomic E-state index is 4.17. The molecule has 2 atom stereocenters. The zero-order valence-corrected chi connectivity index (χ0v) is 10.6. The first kappa shape index (κ1) is 12.0. The van der Waals surface area contributed by atoms with Gasteiger partial charge in [0.1, 0.15) is 0 Å². The van der Waals surface area contributed by atoms with E-state index in [9.17, 15) is 0 Å². The van der Waals surface area contributed by atoms with Crippen LogP contribution in [0.1, 0.15) is 31.7 Å². The van der Waals surface area contributed by atoms with Crippen LogP contribution in [0.2, 0.25) is 0 Å². The van der Waals surface area contributed by atoms with E-state index < -0.39 is 0 Å². The predicted molar refractivity (Wildman–Crippen MR) is 71.1 cm³/mol. The van der Waals surface area contributed by atoms with Gasteiger partial charge in [0.15, 0.2) is 0 Å². The summed E-state index contributed by atoms with van der Waals surface area (Å²) in [4.78, 5) is 0. The fourth-order valence-electron chi connectivity index (χ4n) is 2.37. The summed E-state index contributed by atoms with van der Waals surface area (Å²) in [5.41, 5.74) is 2.27. The Morgan fingerprint density at radius 3 is 2.76 bits per heavy atom. The Morgan fingerprint density at radius 2 is 2.06 bits per heavy atom. The van der Waals surface area contributed by atoms with E-state index in [0.29, 0.717) is 12.0 Å². The predicted octanol–water partition coefficient (Wildman–Crippen LogP) is 2.73. The van der Waals surface area contributed by atoms with Crippen molar-refractivity contribution in [2.24, 2.45) is 0 Å². The molecule has 2 rings (SSSR count). The number of nitrogens with one attached hydrogen (secondary N) is 1. The summed E-state index contributed by atoms with van der Waals surface area (Å²) in [5.74, 6) is 0.473. The number of fused-ring (bicyclic) bond motifs is 1. The molecule has 0 aliphatic rings. The summed E-state index contributed by atoms with van der Waals surface area (Å²) >= 11 is 0. The third-order valence-corrected chi connectivity index (χ3v) is 3.48. The first-order chi connectivity index (χ1) is 8.27. The Kier molecular flexibility index (Phi) is 3.69. The second-order valence-electron chi connectivity index (χ2n) is 4.41. The monoisotopic (exact) mass is 229 g/mol. The summed E-state index contributed by atoms with van der Waals surface area (Å²) in [6.07, 6.45) is 3.00. The van der Waals surface area contributed by atoms with Crippen molar-refractivity contribution in [3.63, 3.8) is 0 Å². The molecule has 0 aliphatic heterocycles. The van der Waals surface area contributed by atoms with Gasteiger partial charge in [-0.05, 0) is 32.0 Å².